The smallest absolute Gasteiger partial charge is 0.119 e. The maximum atomic E-state index is 5.78. The fourth-order valence-electron chi connectivity index (χ4n) is 1.43. The van der Waals surface area contributed by atoms with Gasteiger partial charge in [-0.3, -0.25) is 0 Å². The van der Waals surface area contributed by atoms with E-state index in [1.54, 1.807) is 0 Å². The Bertz CT molecular complexity index is 318. The minimum Gasteiger partial charge on any atom is -0.493 e. The summed E-state index contributed by atoms with van der Waals surface area (Å²) in [7, 11) is 0. The van der Waals surface area contributed by atoms with Crippen molar-refractivity contribution in [3.05, 3.63) is 29.8 Å². The number of ether oxygens (including phenoxy) is 1. The lowest BCUT2D eigenvalue weighted by Crippen LogP contribution is -2.14. The summed E-state index contributed by atoms with van der Waals surface area (Å²) < 4.78 is 5.78. The molecule has 1 fully saturated rings. The highest BCUT2D eigenvalue weighted by atomic mass is 79.9. The molecule has 0 radical (unpaired) electrons. The molecule has 0 bridgehead atoms. The third-order valence-corrected chi connectivity index (χ3v) is 3.96. The Morgan fingerprint density at radius 1 is 1.43 bits per heavy atom. The predicted octanol–water partition coefficient (Wildman–Crippen LogP) is 3.55. The van der Waals surface area contributed by atoms with Gasteiger partial charge in [-0.25, -0.2) is 0 Å². The van der Waals surface area contributed by atoms with Crippen molar-refractivity contribution in [3.63, 3.8) is 0 Å². The maximum Gasteiger partial charge on any atom is 0.119 e. The first kappa shape index (κ1) is 10.0. The van der Waals surface area contributed by atoms with Gasteiger partial charge >= 0.3 is 0 Å². The average molecular weight is 255 g/mol. The second-order valence-electron chi connectivity index (χ2n) is 4.24. The molecular formula is C12H15BrO. The molecule has 1 aromatic carbocycles. The van der Waals surface area contributed by atoms with E-state index in [0.29, 0.717) is 5.41 Å². The van der Waals surface area contributed by atoms with E-state index in [9.17, 15) is 0 Å². The van der Waals surface area contributed by atoms with Gasteiger partial charge in [0.25, 0.3) is 0 Å². The van der Waals surface area contributed by atoms with Crippen LogP contribution in [0.1, 0.15) is 18.4 Å². The SMILES string of the molecule is Cc1cccc(OCC2(CBr)CC2)c1. The fourth-order valence-corrected chi connectivity index (χ4v) is 2.16. The highest BCUT2D eigenvalue weighted by Gasteiger charge is 2.42. The largest absolute Gasteiger partial charge is 0.493 e. The van der Waals surface area contributed by atoms with Crippen LogP contribution in [0.5, 0.6) is 5.75 Å². The number of hydrogen-bond acceptors (Lipinski definition) is 1. The van der Waals surface area contributed by atoms with Crippen LogP contribution in [0.2, 0.25) is 0 Å². The first-order valence-electron chi connectivity index (χ1n) is 5.00. The molecule has 2 rings (SSSR count). The van der Waals surface area contributed by atoms with E-state index < -0.39 is 0 Å². The minimum absolute atomic E-state index is 0.434. The molecule has 0 heterocycles. The number of alkyl halides is 1. The van der Waals surface area contributed by atoms with Crippen LogP contribution >= 0.6 is 15.9 Å². The zero-order valence-electron chi connectivity index (χ0n) is 8.42. The molecule has 1 aromatic rings. The van der Waals surface area contributed by atoms with Gasteiger partial charge in [0.2, 0.25) is 0 Å². The number of halogens is 1. The van der Waals surface area contributed by atoms with Crippen molar-refractivity contribution in [2.24, 2.45) is 5.41 Å². The molecule has 2 heteroatoms. The Morgan fingerprint density at radius 3 is 2.79 bits per heavy atom. The molecule has 14 heavy (non-hydrogen) atoms. The molecule has 1 saturated carbocycles. The van der Waals surface area contributed by atoms with Crippen LogP contribution in [-0.2, 0) is 0 Å². The molecule has 0 aromatic heterocycles. The summed E-state index contributed by atoms with van der Waals surface area (Å²) >= 11 is 3.54. The van der Waals surface area contributed by atoms with Crippen LogP contribution in [0.15, 0.2) is 24.3 Å². The molecule has 0 saturated heterocycles. The summed E-state index contributed by atoms with van der Waals surface area (Å²) in [5, 5.41) is 1.06. The second-order valence-corrected chi connectivity index (χ2v) is 4.80. The van der Waals surface area contributed by atoms with E-state index in [0.717, 1.165) is 17.7 Å². The third kappa shape index (κ3) is 2.30. The number of rotatable bonds is 4. The van der Waals surface area contributed by atoms with Crippen LogP contribution in [0.3, 0.4) is 0 Å². The predicted molar refractivity (Wildman–Crippen MR) is 62.1 cm³/mol. The second kappa shape index (κ2) is 3.93. The van der Waals surface area contributed by atoms with E-state index in [-0.39, 0.29) is 0 Å². The van der Waals surface area contributed by atoms with Gasteiger partial charge in [-0.1, -0.05) is 28.1 Å². The maximum absolute atomic E-state index is 5.78. The van der Waals surface area contributed by atoms with E-state index in [4.69, 9.17) is 4.74 Å². The quantitative estimate of drug-likeness (QED) is 0.747. The first-order chi connectivity index (χ1) is 6.74. The van der Waals surface area contributed by atoms with Crippen LogP contribution in [0.4, 0.5) is 0 Å². The molecule has 1 nitrogen and oxygen atoms in total. The molecule has 0 amide bonds. The fraction of sp³-hybridized carbons (Fsp3) is 0.500. The summed E-state index contributed by atoms with van der Waals surface area (Å²) in [6.07, 6.45) is 2.59. The lowest BCUT2D eigenvalue weighted by molar-refractivity contribution is 0.251. The highest BCUT2D eigenvalue weighted by molar-refractivity contribution is 9.09. The standard InChI is InChI=1S/C12H15BrO/c1-10-3-2-4-11(7-10)14-9-12(8-13)5-6-12/h2-4,7H,5-6,8-9H2,1H3. The van der Waals surface area contributed by atoms with Crippen molar-refractivity contribution in [3.8, 4) is 5.75 Å². The highest BCUT2D eigenvalue weighted by Crippen LogP contribution is 2.47. The number of benzene rings is 1. The Balaban J connectivity index is 1.92. The summed E-state index contributed by atoms with van der Waals surface area (Å²) in [6, 6.07) is 8.24. The van der Waals surface area contributed by atoms with Gasteiger partial charge in [0.15, 0.2) is 0 Å². The Morgan fingerprint density at radius 2 is 2.21 bits per heavy atom. The normalized spacial score (nSPS) is 17.9. The zero-order chi connectivity index (χ0) is 10.0. The molecule has 1 aliphatic rings. The van der Waals surface area contributed by atoms with Gasteiger partial charge in [0.05, 0.1) is 6.61 Å². The minimum atomic E-state index is 0.434. The van der Waals surface area contributed by atoms with Crippen molar-refractivity contribution in [2.45, 2.75) is 19.8 Å². The summed E-state index contributed by atoms with van der Waals surface area (Å²) in [4.78, 5) is 0. The van der Waals surface area contributed by atoms with E-state index in [1.165, 1.54) is 18.4 Å². The van der Waals surface area contributed by atoms with Gasteiger partial charge in [-0.15, -0.1) is 0 Å². The number of hydrogen-bond donors (Lipinski definition) is 0. The van der Waals surface area contributed by atoms with E-state index >= 15 is 0 Å². The van der Waals surface area contributed by atoms with Crippen molar-refractivity contribution < 1.29 is 4.74 Å². The van der Waals surface area contributed by atoms with Gasteiger partial charge in [-0.05, 0) is 37.5 Å². The molecule has 1 aliphatic carbocycles. The van der Waals surface area contributed by atoms with Crippen LogP contribution < -0.4 is 4.74 Å². The molecule has 0 spiro atoms. The van der Waals surface area contributed by atoms with Gasteiger partial charge in [0.1, 0.15) is 5.75 Å². The van der Waals surface area contributed by atoms with E-state index in [1.807, 2.05) is 12.1 Å². The lowest BCUT2D eigenvalue weighted by Gasteiger charge is -2.13. The van der Waals surface area contributed by atoms with E-state index in [2.05, 4.69) is 35.0 Å². The Kier molecular flexibility index (Phi) is 2.82. The van der Waals surface area contributed by atoms with Crippen LogP contribution in [0, 0.1) is 12.3 Å². The van der Waals surface area contributed by atoms with Crippen LogP contribution in [0.25, 0.3) is 0 Å². The van der Waals surface area contributed by atoms with Gasteiger partial charge in [0, 0.05) is 10.7 Å². The number of aryl methyl sites for hydroxylation is 1. The molecule has 0 aliphatic heterocycles. The molecule has 76 valence electrons. The zero-order valence-corrected chi connectivity index (χ0v) is 10.0. The van der Waals surface area contributed by atoms with Crippen molar-refractivity contribution in [1.82, 2.24) is 0 Å². The molecule has 0 N–H and O–H groups in total. The topological polar surface area (TPSA) is 9.23 Å². The average Bonchev–Trinajstić information content (AvgIpc) is 2.96. The Labute approximate surface area is 93.6 Å². The lowest BCUT2D eigenvalue weighted by atomic mass is 10.2. The molecular weight excluding hydrogens is 240 g/mol. The monoisotopic (exact) mass is 254 g/mol. The van der Waals surface area contributed by atoms with Crippen LogP contribution in [-0.4, -0.2) is 11.9 Å². The molecule has 0 atom stereocenters. The summed E-state index contributed by atoms with van der Waals surface area (Å²) in [5.74, 6) is 0.997. The summed E-state index contributed by atoms with van der Waals surface area (Å²) in [6.45, 7) is 2.94. The first-order valence-corrected chi connectivity index (χ1v) is 6.12. The molecule has 0 unspecified atom stereocenters. The van der Waals surface area contributed by atoms with Gasteiger partial charge in [-0.2, -0.15) is 0 Å². The van der Waals surface area contributed by atoms with Gasteiger partial charge < -0.3 is 4.74 Å². The van der Waals surface area contributed by atoms with Crippen molar-refractivity contribution in [1.29, 1.82) is 0 Å². The van der Waals surface area contributed by atoms with Crippen molar-refractivity contribution >= 4 is 15.9 Å². The third-order valence-electron chi connectivity index (χ3n) is 2.78. The summed E-state index contributed by atoms with van der Waals surface area (Å²) in [5.41, 5.74) is 1.69. The Hall–Kier alpha value is -0.500. The van der Waals surface area contributed by atoms with Crippen molar-refractivity contribution in [2.75, 3.05) is 11.9 Å².